The minimum Gasteiger partial charge on any atom is -0.352 e. The van der Waals surface area contributed by atoms with Gasteiger partial charge in [0.2, 0.25) is 5.91 Å². The van der Waals surface area contributed by atoms with Gasteiger partial charge in [-0.1, -0.05) is 38.5 Å². The van der Waals surface area contributed by atoms with Crippen LogP contribution in [0.3, 0.4) is 0 Å². The van der Waals surface area contributed by atoms with E-state index in [1.165, 1.54) is 30.3 Å². The quantitative estimate of drug-likeness (QED) is 0.636. The van der Waals surface area contributed by atoms with Crippen LogP contribution in [0.25, 0.3) is 5.69 Å². The molecule has 0 unspecified atom stereocenters. The molecule has 1 N–H and O–H groups in total. The maximum atomic E-state index is 13.5. The first kappa shape index (κ1) is 23.7. The van der Waals surface area contributed by atoms with E-state index in [-0.39, 0.29) is 29.1 Å². The number of rotatable bonds is 7. The van der Waals surface area contributed by atoms with Gasteiger partial charge in [-0.15, -0.1) is 10.2 Å². The van der Waals surface area contributed by atoms with Gasteiger partial charge in [0.15, 0.2) is 11.0 Å². The fourth-order valence-electron chi connectivity index (χ4n) is 3.99. The van der Waals surface area contributed by atoms with Crippen LogP contribution < -0.4 is 5.32 Å². The second-order valence-electron chi connectivity index (χ2n) is 8.93. The molecule has 0 spiro atoms. The Balaban J connectivity index is 1.81. The maximum Gasteiger partial charge on any atom is 0.233 e. The predicted octanol–water partition coefficient (Wildman–Crippen LogP) is 4.45. The summed E-state index contributed by atoms with van der Waals surface area (Å²) in [6.45, 7) is 8.43. The Morgan fingerprint density at radius 3 is 2.52 bits per heavy atom. The van der Waals surface area contributed by atoms with E-state index in [0.717, 1.165) is 24.4 Å². The molecule has 1 aliphatic rings. The second-order valence-corrected chi connectivity index (χ2v) is 10.2. The minimum atomic E-state index is -0.324. The topological polar surface area (TPSA) is 63.1 Å². The Morgan fingerprint density at radius 2 is 1.87 bits per heavy atom. The lowest BCUT2D eigenvalue weighted by molar-refractivity contribution is -0.121. The molecule has 31 heavy (non-hydrogen) atoms. The Labute approximate surface area is 189 Å². The third kappa shape index (κ3) is 5.47. The molecule has 1 aromatic heterocycles. The maximum absolute atomic E-state index is 13.5. The standard InChI is InChI=1S/C23H34FN5OS/c1-14-8-7-9-20(15(14)2)25-22(30)17(4)31-23-27-26-21(16(3)28(5)6)29(23)19-12-10-18(24)11-13-19/h10-17,20H,7-9H2,1-6H3,(H,25,30)/t14-,15+,16-,17+,20-/m1/s1. The number of aromatic nitrogens is 3. The van der Waals surface area contributed by atoms with E-state index in [0.29, 0.717) is 17.0 Å². The van der Waals surface area contributed by atoms with Gasteiger partial charge < -0.3 is 5.32 Å². The normalized spacial score (nSPS) is 23.5. The highest BCUT2D eigenvalue weighted by Crippen LogP contribution is 2.32. The molecular formula is C23H34FN5OS. The average molecular weight is 448 g/mol. The van der Waals surface area contributed by atoms with E-state index in [9.17, 15) is 9.18 Å². The summed E-state index contributed by atoms with van der Waals surface area (Å²) in [6, 6.07) is 6.50. The molecule has 170 valence electrons. The molecule has 0 aliphatic heterocycles. The first-order valence-electron chi connectivity index (χ1n) is 11.0. The molecule has 0 saturated heterocycles. The van der Waals surface area contributed by atoms with Crippen LogP contribution in [0, 0.1) is 17.7 Å². The van der Waals surface area contributed by atoms with E-state index >= 15 is 0 Å². The van der Waals surface area contributed by atoms with Crippen LogP contribution in [-0.4, -0.2) is 51.0 Å². The number of benzene rings is 1. The highest BCUT2D eigenvalue weighted by atomic mass is 32.2. The zero-order valence-corrected chi connectivity index (χ0v) is 20.1. The lowest BCUT2D eigenvalue weighted by Crippen LogP contribution is -2.46. The zero-order valence-electron chi connectivity index (χ0n) is 19.3. The molecule has 8 heteroatoms. The first-order valence-corrected chi connectivity index (χ1v) is 11.9. The minimum absolute atomic E-state index is 0.000566. The van der Waals surface area contributed by atoms with Crippen LogP contribution in [0.2, 0.25) is 0 Å². The SMILES string of the molecule is C[C@H]1[C@H](C)CCC[C@H]1NC(=O)[C@H](C)Sc1nnc([C@@H](C)N(C)C)n1-c1ccc(F)cc1. The van der Waals surface area contributed by atoms with Crippen LogP contribution in [0.15, 0.2) is 29.4 Å². The van der Waals surface area contributed by atoms with E-state index < -0.39 is 0 Å². The Morgan fingerprint density at radius 1 is 1.19 bits per heavy atom. The summed E-state index contributed by atoms with van der Waals surface area (Å²) in [5.74, 6) is 1.58. The third-order valence-electron chi connectivity index (χ3n) is 6.58. The van der Waals surface area contributed by atoms with Crippen molar-refractivity contribution in [1.82, 2.24) is 25.0 Å². The summed E-state index contributed by atoms with van der Waals surface area (Å²) in [7, 11) is 3.95. The monoisotopic (exact) mass is 447 g/mol. The van der Waals surface area contributed by atoms with E-state index in [1.807, 2.05) is 37.4 Å². The molecule has 1 amide bonds. The molecule has 3 rings (SSSR count). The molecule has 0 radical (unpaired) electrons. The molecule has 1 heterocycles. The summed E-state index contributed by atoms with van der Waals surface area (Å²) < 4.78 is 15.4. The molecule has 1 aliphatic carbocycles. The number of thioether (sulfide) groups is 1. The number of carbonyl (C=O) groups is 1. The van der Waals surface area contributed by atoms with Gasteiger partial charge in [0.1, 0.15) is 5.82 Å². The second kappa shape index (κ2) is 10.1. The highest BCUT2D eigenvalue weighted by molar-refractivity contribution is 8.00. The average Bonchev–Trinajstić information content (AvgIpc) is 3.14. The van der Waals surface area contributed by atoms with Crippen LogP contribution in [0.4, 0.5) is 4.39 Å². The van der Waals surface area contributed by atoms with Gasteiger partial charge >= 0.3 is 0 Å². The van der Waals surface area contributed by atoms with Crippen molar-refractivity contribution >= 4 is 17.7 Å². The number of carbonyl (C=O) groups excluding carboxylic acids is 1. The Bertz CT molecular complexity index is 885. The highest BCUT2D eigenvalue weighted by Gasteiger charge is 2.30. The zero-order chi connectivity index (χ0) is 22.7. The molecule has 0 bridgehead atoms. The van der Waals surface area contributed by atoms with E-state index in [2.05, 4.69) is 29.4 Å². The van der Waals surface area contributed by atoms with E-state index in [4.69, 9.17) is 0 Å². The molecule has 5 atom stereocenters. The van der Waals surface area contributed by atoms with Crippen molar-refractivity contribution in [1.29, 1.82) is 0 Å². The van der Waals surface area contributed by atoms with Gasteiger partial charge in [0.05, 0.1) is 11.3 Å². The summed E-state index contributed by atoms with van der Waals surface area (Å²) in [6.07, 6.45) is 3.42. The third-order valence-corrected chi connectivity index (χ3v) is 7.62. The molecule has 1 fully saturated rings. The van der Waals surface area contributed by atoms with Gasteiger partial charge in [-0.2, -0.15) is 0 Å². The Kier molecular flexibility index (Phi) is 7.75. The van der Waals surface area contributed by atoms with Crippen LogP contribution >= 0.6 is 11.8 Å². The van der Waals surface area contributed by atoms with Crippen LogP contribution in [0.5, 0.6) is 0 Å². The number of nitrogens with one attached hydrogen (secondary N) is 1. The van der Waals surface area contributed by atoms with Crippen molar-refractivity contribution in [2.24, 2.45) is 11.8 Å². The van der Waals surface area contributed by atoms with Gasteiger partial charge in [0.25, 0.3) is 0 Å². The number of hydrogen-bond acceptors (Lipinski definition) is 5. The van der Waals surface area contributed by atoms with Crippen LogP contribution in [0.1, 0.15) is 58.8 Å². The van der Waals surface area contributed by atoms with Crippen molar-refractivity contribution in [2.45, 2.75) is 69.4 Å². The molecule has 1 saturated carbocycles. The molecule has 1 aromatic carbocycles. The summed E-state index contributed by atoms with van der Waals surface area (Å²) >= 11 is 1.38. The van der Waals surface area contributed by atoms with Gasteiger partial charge in [-0.05, 0) is 70.5 Å². The molecular weight excluding hydrogens is 413 g/mol. The summed E-state index contributed by atoms with van der Waals surface area (Å²) in [5.41, 5.74) is 0.778. The van der Waals surface area contributed by atoms with Crippen molar-refractivity contribution in [3.63, 3.8) is 0 Å². The van der Waals surface area contributed by atoms with Crippen molar-refractivity contribution in [3.05, 3.63) is 35.9 Å². The first-order chi connectivity index (χ1) is 14.7. The molecule has 6 nitrogen and oxygen atoms in total. The predicted molar refractivity (Wildman–Crippen MR) is 123 cm³/mol. The number of halogens is 1. The Hall–Kier alpha value is -1.93. The fourth-order valence-corrected chi connectivity index (χ4v) is 4.87. The van der Waals surface area contributed by atoms with E-state index in [1.54, 1.807) is 12.1 Å². The number of nitrogens with zero attached hydrogens (tertiary/aromatic N) is 4. The van der Waals surface area contributed by atoms with Gasteiger partial charge in [-0.25, -0.2) is 4.39 Å². The van der Waals surface area contributed by atoms with Gasteiger partial charge in [-0.3, -0.25) is 14.3 Å². The number of amides is 1. The summed E-state index contributed by atoms with van der Waals surface area (Å²) in [5, 5.41) is 12.4. The number of hydrogen-bond donors (Lipinski definition) is 1. The lowest BCUT2D eigenvalue weighted by atomic mass is 9.78. The van der Waals surface area contributed by atoms with Crippen LogP contribution in [-0.2, 0) is 4.79 Å². The lowest BCUT2D eigenvalue weighted by Gasteiger charge is -2.35. The smallest absolute Gasteiger partial charge is 0.233 e. The van der Waals surface area contributed by atoms with Crippen molar-refractivity contribution < 1.29 is 9.18 Å². The largest absolute Gasteiger partial charge is 0.352 e. The van der Waals surface area contributed by atoms with Crippen molar-refractivity contribution in [3.8, 4) is 5.69 Å². The van der Waals surface area contributed by atoms with Gasteiger partial charge in [0, 0.05) is 11.7 Å². The fraction of sp³-hybridized carbons (Fsp3) is 0.609. The van der Waals surface area contributed by atoms with Crippen molar-refractivity contribution in [2.75, 3.05) is 14.1 Å². The summed E-state index contributed by atoms with van der Waals surface area (Å²) in [4.78, 5) is 15.0. The molecule has 2 aromatic rings.